The third kappa shape index (κ3) is 3.15. The molecule has 0 saturated carbocycles. The number of carboxylic acid groups (broad SMARTS) is 1. The number of allylic oxidation sites excluding steroid dienone is 1. The molecule has 7 nitrogen and oxygen atoms in total. The number of alkyl halides is 3. The van der Waals surface area contributed by atoms with E-state index in [1.807, 2.05) is 0 Å². The van der Waals surface area contributed by atoms with Gasteiger partial charge in [-0.25, -0.2) is 9.78 Å². The summed E-state index contributed by atoms with van der Waals surface area (Å²) >= 11 is 0.636. The first kappa shape index (κ1) is 17.2. The molecule has 1 aliphatic rings. The van der Waals surface area contributed by atoms with Crippen molar-refractivity contribution in [2.24, 2.45) is 5.10 Å². The van der Waals surface area contributed by atoms with E-state index in [-0.39, 0.29) is 10.8 Å². The number of aromatic nitrogens is 1. The zero-order chi connectivity index (χ0) is 18.2. The van der Waals surface area contributed by atoms with Crippen LogP contribution in [0.2, 0.25) is 0 Å². The lowest BCUT2D eigenvalue weighted by molar-refractivity contribution is -0.254. The minimum Gasteiger partial charge on any atom is -0.476 e. The quantitative estimate of drug-likeness (QED) is 0.855. The van der Waals surface area contributed by atoms with Crippen molar-refractivity contribution in [3.05, 3.63) is 41.3 Å². The van der Waals surface area contributed by atoms with Crippen molar-refractivity contribution in [1.29, 1.82) is 0 Å². The number of hydrogen-bond donors (Lipinski definition) is 2. The van der Waals surface area contributed by atoms with Crippen molar-refractivity contribution in [2.75, 3.05) is 5.01 Å². The molecule has 132 valence electrons. The first-order valence-electron chi connectivity index (χ1n) is 6.78. The normalized spacial score (nSPS) is 21.1. The van der Waals surface area contributed by atoms with E-state index in [2.05, 4.69) is 10.1 Å². The minimum atomic E-state index is -5.04. The molecule has 0 unspecified atom stereocenters. The smallest absolute Gasteiger partial charge is 0.438 e. The van der Waals surface area contributed by atoms with E-state index in [1.165, 1.54) is 18.4 Å². The summed E-state index contributed by atoms with van der Waals surface area (Å²) in [6.07, 6.45) is -1.79. The van der Waals surface area contributed by atoms with Gasteiger partial charge in [-0.3, -0.25) is 0 Å². The molecule has 0 amide bonds. The molecule has 2 N–H and O–H groups in total. The Hall–Kier alpha value is -2.66. The summed E-state index contributed by atoms with van der Waals surface area (Å²) in [7, 11) is 0. The molecule has 3 rings (SSSR count). The second kappa shape index (κ2) is 6.01. The third-order valence-electron chi connectivity index (χ3n) is 3.34. The van der Waals surface area contributed by atoms with Crippen molar-refractivity contribution in [3.63, 3.8) is 0 Å². The maximum absolute atomic E-state index is 13.4. The number of hydrazone groups is 1. The molecule has 2 aromatic rings. The molecular formula is C14H10F3N3O4S. The number of halogens is 3. The molecule has 0 fully saturated rings. The molecule has 0 aliphatic carbocycles. The topological polar surface area (TPSA) is 99.2 Å². The fourth-order valence-corrected chi connectivity index (χ4v) is 2.93. The van der Waals surface area contributed by atoms with Crippen LogP contribution in [-0.2, 0) is 0 Å². The highest BCUT2D eigenvalue weighted by molar-refractivity contribution is 7.14. The summed E-state index contributed by atoms with van der Waals surface area (Å²) in [4.78, 5) is 14.4. The average Bonchev–Trinajstić information content (AvgIpc) is 3.24. The number of anilines is 1. The van der Waals surface area contributed by atoms with Gasteiger partial charge in [-0.15, -0.1) is 11.3 Å². The zero-order valence-corrected chi connectivity index (χ0v) is 13.1. The number of furan rings is 1. The summed E-state index contributed by atoms with van der Waals surface area (Å²) in [6, 6.07) is 3.21. The van der Waals surface area contributed by atoms with Crippen LogP contribution in [0, 0.1) is 0 Å². The molecule has 2 aromatic heterocycles. The van der Waals surface area contributed by atoms with Crippen molar-refractivity contribution >= 4 is 34.2 Å². The van der Waals surface area contributed by atoms with Crippen molar-refractivity contribution in [2.45, 2.75) is 18.3 Å². The molecule has 0 bridgehead atoms. The van der Waals surface area contributed by atoms with Gasteiger partial charge in [0.15, 0.2) is 5.69 Å². The van der Waals surface area contributed by atoms with Gasteiger partial charge in [0.05, 0.1) is 18.4 Å². The summed E-state index contributed by atoms with van der Waals surface area (Å²) in [5, 5.41) is 23.8. The van der Waals surface area contributed by atoms with E-state index < -0.39 is 30.0 Å². The molecular weight excluding hydrogens is 363 g/mol. The van der Waals surface area contributed by atoms with Gasteiger partial charge in [-0.1, -0.05) is 0 Å². The van der Waals surface area contributed by atoms with Gasteiger partial charge < -0.3 is 14.6 Å². The van der Waals surface area contributed by atoms with Crippen LogP contribution in [0.25, 0.3) is 6.08 Å². The SMILES string of the molecule is O=C(O)c1csc(N2N=C(/C=C/c3ccco3)C[C@]2(O)C(F)(F)F)n1. The first-order valence-corrected chi connectivity index (χ1v) is 7.66. The molecule has 25 heavy (non-hydrogen) atoms. The highest BCUT2D eigenvalue weighted by Crippen LogP contribution is 2.43. The van der Waals surface area contributed by atoms with Gasteiger partial charge in [0.2, 0.25) is 5.13 Å². The number of nitrogens with zero attached hydrogens (tertiary/aromatic N) is 3. The van der Waals surface area contributed by atoms with Crippen LogP contribution >= 0.6 is 11.3 Å². The predicted octanol–water partition coefficient (Wildman–Crippen LogP) is 2.96. The molecule has 0 radical (unpaired) electrons. The fourth-order valence-electron chi connectivity index (χ4n) is 2.11. The molecule has 0 saturated heterocycles. The molecule has 0 aromatic carbocycles. The number of aliphatic hydroxyl groups is 1. The molecule has 3 heterocycles. The number of carboxylic acids is 1. The van der Waals surface area contributed by atoms with Crippen LogP contribution in [0.5, 0.6) is 0 Å². The highest BCUT2D eigenvalue weighted by Gasteiger charge is 2.62. The van der Waals surface area contributed by atoms with Gasteiger partial charge in [-0.05, 0) is 24.3 Å². The number of aromatic carboxylic acids is 1. The average molecular weight is 373 g/mol. The Bertz CT molecular complexity index is 844. The first-order chi connectivity index (χ1) is 11.7. The van der Waals surface area contributed by atoms with E-state index in [0.717, 1.165) is 5.38 Å². The summed E-state index contributed by atoms with van der Waals surface area (Å²) in [6.45, 7) is 0. The van der Waals surface area contributed by atoms with E-state index in [9.17, 15) is 23.1 Å². The van der Waals surface area contributed by atoms with E-state index in [4.69, 9.17) is 9.52 Å². The molecule has 11 heteroatoms. The Balaban J connectivity index is 1.96. The van der Waals surface area contributed by atoms with Gasteiger partial charge >= 0.3 is 12.1 Å². The lowest BCUT2D eigenvalue weighted by Crippen LogP contribution is -2.55. The van der Waals surface area contributed by atoms with Crippen molar-refractivity contribution in [3.8, 4) is 0 Å². The Morgan fingerprint density at radius 2 is 2.20 bits per heavy atom. The number of thiazole rings is 1. The summed E-state index contributed by atoms with van der Waals surface area (Å²) in [5.41, 5.74) is -3.81. The Kier molecular flexibility index (Phi) is 4.13. The number of rotatable bonds is 4. The van der Waals surface area contributed by atoms with Gasteiger partial charge in [0, 0.05) is 5.38 Å². The fraction of sp³-hybridized carbons (Fsp3) is 0.214. The number of hydrogen-bond acceptors (Lipinski definition) is 7. The maximum atomic E-state index is 13.4. The van der Waals surface area contributed by atoms with E-state index in [1.54, 1.807) is 12.1 Å². The Morgan fingerprint density at radius 1 is 1.44 bits per heavy atom. The van der Waals surface area contributed by atoms with Crippen LogP contribution in [-0.4, -0.2) is 38.8 Å². The Morgan fingerprint density at radius 3 is 2.76 bits per heavy atom. The summed E-state index contributed by atoms with van der Waals surface area (Å²) in [5.74, 6) is -0.988. The lowest BCUT2D eigenvalue weighted by Gasteiger charge is -2.32. The second-order valence-corrected chi connectivity index (χ2v) is 5.90. The molecule has 1 atom stereocenters. The second-order valence-electron chi connectivity index (χ2n) is 5.06. The van der Waals surface area contributed by atoms with Crippen LogP contribution in [0.15, 0.2) is 39.4 Å². The van der Waals surface area contributed by atoms with Crippen LogP contribution in [0.4, 0.5) is 18.3 Å². The predicted molar refractivity (Wildman–Crippen MR) is 82.4 cm³/mol. The highest BCUT2D eigenvalue weighted by atomic mass is 32.1. The zero-order valence-electron chi connectivity index (χ0n) is 12.3. The minimum absolute atomic E-state index is 0.0664. The molecule has 0 spiro atoms. The monoisotopic (exact) mass is 373 g/mol. The van der Waals surface area contributed by atoms with Crippen LogP contribution in [0.1, 0.15) is 22.7 Å². The van der Waals surface area contributed by atoms with Crippen LogP contribution < -0.4 is 5.01 Å². The lowest BCUT2D eigenvalue weighted by atomic mass is 10.1. The molecule has 1 aliphatic heterocycles. The Labute approximate surface area is 142 Å². The maximum Gasteiger partial charge on any atom is 0.438 e. The standard InChI is InChI=1S/C14H10F3N3O4S/c15-14(16,17)13(23)6-8(3-4-9-2-1-5-24-9)19-20(13)12-18-10(7-25-12)11(21)22/h1-5,7,23H,6H2,(H,21,22)/b4-3+/t13-/m0/s1. The number of carbonyl (C=O) groups is 1. The van der Waals surface area contributed by atoms with Crippen molar-refractivity contribution < 1.29 is 32.6 Å². The van der Waals surface area contributed by atoms with Gasteiger partial charge in [0.25, 0.3) is 5.72 Å². The van der Waals surface area contributed by atoms with Crippen LogP contribution in [0.3, 0.4) is 0 Å². The van der Waals surface area contributed by atoms with Gasteiger partial charge in [-0.2, -0.15) is 23.3 Å². The van der Waals surface area contributed by atoms with Crippen molar-refractivity contribution in [1.82, 2.24) is 4.98 Å². The third-order valence-corrected chi connectivity index (χ3v) is 4.15. The van der Waals surface area contributed by atoms with Gasteiger partial charge in [0.1, 0.15) is 5.76 Å². The summed E-state index contributed by atoms with van der Waals surface area (Å²) < 4.78 is 45.2. The van der Waals surface area contributed by atoms with E-state index >= 15 is 0 Å². The van der Waals surface area contributed by atoms with E-state index in [0.29, 0.717) is 22.1 Å². The largest absolute Gasteiger partial charge is 0.476 e.